The van der Waals surface area contributed by atoms with Crippen molar-refractivity contribution in [2.45, 2.75) is 11.8 Å². The molecular weight excluding hydrogens is 361 g/mol. The molecule has 2 aromatic carbocycles. The van der Waals surface area contributed by atoms with Crippen LogP contribution in [0, 0.1) is 12.7 Å². The van der Waals surface area contributed by atoms with Crippen LogP contribution in [-0.2, 0) is 10.0 Å². The van der Waals surface area contributed by atoms with Crippen molar-refractivity contribution in [1.29, 1.82) is 0 Å². The highest BCUT2D eigenvalue weighted by Crippen LogP contribution is 2.22. The van der Waals surface area contributed by atoms with Crippen LogP contribution in [0.25, 0.3) is 5.69 Å². The number of anilines is 1. The molecule has 2 N–H and O–H groups in total. The number of carboxylic acids is 1. The van der Waals surface area contributed by atoms with Gasteiger partial charge in [0.25, 0.3) is 10.0 Å². The van der Waals surface area contributed by atoms with Crippen LogP contribution in [0.4, 0.5) is 10.1 Å². The number of carboxylic acid groups (broad SMARTS) is 1. The molecule has 134 valence electrons. The number of sulfonamides is 1. The molecule has 0 aliphatic carbocycles. The normalized spacial score (nSPS) is 11.3. The number of aromatic nitrogens is 2. The van der Waals surface area contributed by atoms with Crippen molar-refractivity contribution in [2.75, 3.05) is 4.72 Å². The summed E-state index contributed by atoms with van der Waals surface area (Å²) in [4.78, 5) is 10.3. The summed E-state index contributed by atoms with van der Waals surface area (Å²) in [7, 11) is -4.31. The van der Waals surface area contributed by atoms with Crippen LogP contribution in [-0.4, -0.2) is 29.3 Å². The Morgan fingerprint density at radius 3 is 2.62 bits per heavy atom. The number of hydrogen-bond donors (Lipinski definition) is 2. The summed E-state index contributed by atoms with van der Waals surface area (Å²) in [5, 5.41) is 13.2. The number of aromatic carboxylic acids is 1. The predicted octanol–water partition coefficient (Wildman–Crippen LogP) is 2.82. The standard InChI is InChI=1S/C17H14FN3O4S/c1-11-7-8-21(19-11)14-4-2-3-13(10-14)20-26(24,25)16-9-12(17(22)23)5-6-15(16)18/h2-10,20H,1H3,(H,22,23). The van der Waals surface area contributed by atoms with Crippen LogP contribution < -0.4 is 4.72 Å². The third kappa shape index (κ3) is 3.57. The molecule has 0 saturated heterocycles. The summed E-state index contributed by atoms with van der Waals surface area (Å²) in [5.41, 5.74) is 1.27. The maximum absolute atomic E-state index is 14.0. The molecule has 1 heterocycles. The summed E-state index contributed by atoms with van der Waals surface area (Å²) >= 11 is 0. The van der Waals surface area contributed by atoms with E-state index in [1.165, 1.54) is 12.1 Å². The Morgan fingerprint density at radius 1 is 1.19 bits per heavy atom. The molecule has 0 unspecified atom stereocenters. The van der Waals surface area contributed by atoms with Crippen molar-refractivity contribution in [2.24, 2.45) is 0 Å². The lowest BCUT2D eigenvalue weighted by Crippen LogP contribution is -2.15. The van der Waals surface area contributed by atoms with Gasteiger partial charge in [0.2, 0.25) is 0 Å². The molecule has 3 rings (SSSR count). The summed E-state index contributed by atoms with van der Waals surface area (Å²) in [6.45, 7) is 1.82. The summed E-state index contributed by atoms with van der Waals surface area (Å²) in [5.74, 6) is -2.39. The minimum atomic E-state index is -4.31. The van der Waals surface area contributed by atoms with Crippen LogP contribution in [0.2, 0.25) is 0 Å². The molecule has 0 aliphatic heterocycles. The van der Waals surface area contributed by atoms with Gasteiger partial charge in [-0.15, -0.1) is 0 Å². The van der Waals surface area contributed by atoms with E-state index in [1.54, 1.807) is 29.1 Å². The topological polar surface area (TPSA) is 101 Å². The molecule has 0 amide bonds. The second-order valence-corrected chi connectivity index (χ2v) is 7.16. The van der Waals surface area contributed by atoms with Gasteiger partial charge in [0, 0.05) is 6.20 Å². The molecule has 0 radical (unpaired) electrons. The van der Waals surface area contributed by atoms with Gasteiger partial charge in [-0.3, -0.25) is 4.72 Å². The van der Waals surface area contributed by atoms with Crippen molar-refractivity contribution in [1.82, 2.24) is 9.78 Å². The summed E-state index contributed by atoms with van der Waals surface area (Å²) < 4.78 is 42.7. The minimum absolute atomic E-state index is 0.191. The number of rotatable bonds is 5. The van der Waals surface area contributed by atoms with Crippen molar-refractivity contribution in [3.63, 3.8) is 0 Å². The molecule has 26 heavy (non-hydrogen) atoms. The second kappa shape index (κ2) is 6.60. The zero-order valence-corrected chi connectivity index (χ0v) is 14.4. The fraction of sp³-hybridized carbons (Fsp3) is 0.0588. The lowest BCUT2D eigenvalue weighted by molar-refractivity contribution is 0.0696. The van der Waals surface area contributed by atoms with Gasteiger partial charge in [-0.25, -0.2) is 22.3 Å². The number of benzene rings is 2. The van der Waals surface area contributed by atoms with Gasteiger partial charge < -0.3 is 5.11 Å². The van der Waals surface area contributed by atoms with Gasteiger partial charge in [-0.1, -0.05) is 6.07 Å². The van der Waals surface area contributed by atoms with Gasteiger partial charge in [0.05, 0.1) is 22.6 Å². The molecule has 0 atom stereocenters. The molecule has 7 nitrogen and oxygen atoms in total. The molecule has 0 bridgehead atoms. The van der Waals surface area contributed by atoms with E-state index in [9.17, 15) is 17.6 Å². The van der Waals surface area contributed by atoms with E-state index in [0.29, 0.717) is 5.69 Å². The zero-order valence-electron chi connectivity index (χ0n) is 13.5. The Morgan fingerprint density at radius 2 is 1.96 bits per heavy atom. The highest BCUT2D eigenvalue weighted by Gasteiger charge is 2.21. The first-order valence-electron chi connectivity index (χ1n) is 7.45. The fourth-order valence-corrected chi connectivity index (χ4v) is 3.48. The highest BCUT2D eigenvalue weighted by molar-refractivity contribution is 7.92. The van der Waals surface area contributed by atoms with E-state index in [-0.39, 0.29) is 11.3 Å². The maximum Gasteiger partial charge on any atom is 0.335 e. The van der Waals surface area contributed by atoms with Crippen molar-refractivity contribution < 1.29 is 22.7 Å². The van der Waals surface area contributed by atoms with Gasteiger partial charge in [-0.05, 0) is 49.4 Å². The Hall–Kier alpha value is -3.20. The lowest BCUT2D eigenvalue weighted by atomic mass is 10.2. The lowest BCUT2D eigenvalue weighted by Gasteiger charge is -2.11. The average molecular weight is 375 g/mol. The fourth-order valence-electron chi connectivity index (χ4n) is 2.32. The third-order valence-electron chi connectivity index (χ3n) is 3.55. The van der Waals surface area contributed by atoms with Crippen LogP contribution in [0.3, 0.4) is 0 Å². The Balaban J connectivity index is 1.96. The third-order valence-corrected chi connectivity index (χ3v) is 4.95. The van der Waals surface area contributed by atoms with Gasteiger partial charge in [-0.2, -0.15) is 5.10 Å². The minimum Gasteiger partial charge on any atom is -0.478 e. The average Bonchev–Trinajstić information content (AvgIpc) is 3.01. The molecule has 0 fully saturated rings. The van der Waals surface area contributed by atoms with Crippen molar-refractivity contribution in [3.8, 4) is 5.69 Å². The highest BCUT2D eigenvalue weighted by atomic mass is 32.2. The number of hydrogen-bond acceptors (Lipinski definition) is 4. The largest absolute Gasteiger partial charge is 0.478 e. The van der Waals surface area contributed by atoms with E-state index < -0.39 is 26.7 Å². The SMILES string of the molecule is Cc1ccn(-c2cccc(NS(=O)(=O)c3cc(C(=O)O)ccc3F)c2)n1. The number of nitrogens with zero attached hydrogens (tertiary/aromatic N) is 2. The van der Waals surface area contributed by atoms with Crippen molar-refractivity contribution in [3.05, 3.63) is 71.8 Å². The van der Waals surface area contributed by atoms with E-state index in [4.69, 9.17) is 5.11 Å². The van der Waals surface area contributed by atoms with E-state index in [2.05, 4.69) is 9.82 Å². The summed E-state index contributed by atoms with van der Waals surface area (Å²) in [6, 6.07) is 10.8. The predicted molar refractivity (Wildman–Crippen MR) is 92.5 cm³/mol. The number of carbonyl (C=O) groups is 1. The molecule has 3 aromatic rings. The molecule has 0 saturated carbocycles. The Kier molecular flexibility index (Phi) is 4.47. The smallest absolute Gasteiger partial charge is 0.335 e. The molecule has 0 spiro atoms. The Bertz CT molecular complexity index is 1090. The van der Waals surface area contributed by atoms with Gasteiger partial charge in [0.1, 0.15) is 10.7 Å². The first kappa shape index (κ1) is 17.6. The number of nitrogens with one attached hydrogen (secondary N) is 1. The molecular formula is C17H14FN3O4S. The maximum atomic E-state index is 14.0. The Labute approximate surface area is 148 Å². The first-order valence-corrected chi connectivity index (χ1v) is 8.93. The van der Waals surface area contributed by atoms with Gasteiger partial charge in [0.15, 0.2) is 0 Å². The quantitative estimate of drug-likeness (QED) is 0.714. The van der Waals surface area contributed by atoms with Crippen LogP contribution in [0.5, 0.6) is 0 Å². The monoisotopic (exact) mass is 375 g/mol. The van der Waals surface area contributed by atoms with E-state index in [0.717, 1.165) is 23.9 Å². The summed E-state index contributed by atoms with van der Waals surface area (Å²) in [6.07, 6.45) is 1.72. The molecule has 9 heteroatoms. The molecule has 0 aliphatic rings. The first-order chi connectivity index (χ1) is 12.3. The van der Waals surface area contributed by atoms with E-state index in [1.807, 2.05) is 6.92 Å². The van der Waals surface area contributed by atoms with E-state index >= 15 is 0 Å². The van der Waals surface area contributed by atoms with Crippen LogP contribution >= 0.6 is 0 Å². The number of halogens is 1. The van der Waals surface area contributed by atoms with Crippen molar-refractivity contribution >= 4 is 21.7 Å². The zero-order chi connectivity index (χ0) is 18.9. The van der Waals surface area contributed by atoms with Crippen LogP contribution in [0.15, 0.2) is 59.6 Å². The molecule has 1 aromatic heterocycles. The second-order valence-electron chi connectivity index (χ2n) is 5.51. The van der Waals surface area contributed by atoms with Crippen LogP contribution in [0.1, 0.15) is 16.1 Å². The number of aryl methyl sites for hydroxylation is 1. The van der Waals surface area contributed by atoms with Gasteiger partial charge >= 0.3 is 5.97 Å².